The van der Waals surface area contributed by atoms with Crippen molar-refractivity contribution >= 4 is 6.09 Å². The summed E-state index contributed by atoms with van der Waals surface area (Å²) >= 11 is 0. The number of para-hydroxylation sites is 1. The van der Waals surface area contributed by atoms with Gasteiger partial charge in [0, 0.05) is 19.0 Å². The molecule has 0 spiro atoms. The van der Waals surface area contributed by atoms with Gasteiger partial charge in [-0.1, -0.05) is 23.4 Å². The number of hydrogen-bond acceptors (Lipinski definition) is 3. The van der Waals surface area contributed by atoms with Crippen LogP contribution in [0.3, 0.4) is 0 Å². The summed E-state index contributed by atoms with van der Waals surface area (Å²) in [5, 5.41) is 17.3. The van der Waals surface area contributed by atoms with Crippen LogP contribution >= 0.6 is 0 Å². The fourth-order valence-corrected chi connectivity index (χ4v) is 2.54. The van der Waals surface area contributed by atoms with Gasteiger partial charge in [0.1, 0.15) is 0 Å². The molecule has 1 aliphatic rings. The topological polar surface area (TPSA) is 71.2 Å². The molecule has 0 aliphatic carbocycles. The van der Waals surface area contributed by atoms with Gasteiger partial charge in [-0.2, -0.15) is 0 Å². The SMILES string of the molecule is O=C(O)N1CCC(c2cn(-c3ccccc3)nn2)CC1. The first-order chi connectivity index (χ1) is 9.74. The predicted molar refractivity (Wildman–Crippen MR) is 72.9 cm³/mol. The Bertz CT molecular complexity index is 588. The lowest BCUT2D eigenvalue weighted by molar-refractivity contribution is 0.131. The molecular weight excluding hydrogens is 256 g/mol. The van der Waals surface area contributed by atoms with Gasteiger partial charge in [-0.15, -0.1) is 5.10 Å². The molecule has 1 aromatic carbocycles. The maximum atomic E-state index is 10.9. The van der Waals surface area contributed by atoms with Crippen molar-refractivity contribution in [3.05, 3.63) is 42.2 Å². The molecule has 1 N–H and O–H groups in total. The summed E-state index contributed by atoms with van der Waals surface area (Å²) in [7, 11) is 0. The van der Waals surface area contributed by atoms with Gasteiger partial charge in [0.2, 0.25) is 0 Å². The highest BCUT2D eigenvalue weighted by Crippen LogP contribution is 2.26. The van der Waals surface area contributed by atoms with Crippen molar-refractivity contribution in [2.45, 2.75) is 18.8 Å². The predicted octanol–water partition coefficient (Wildman–Crippen LogP) is 2.12. The van der Waals surface area contributed by atoms with E-state index in [9.17, 15) is 4.79 Å². The molecule has 0 unspecified atom stereocenters. The minimum Gasteiger partial charge on any atom is -0.465 e. The van der Waals surface area contributed by atoms with Gasteiger partial charge in [0.05, 0.1) is 17.6 Å². The second-order valence-electron chi connectivity index (χ2n) is 4.97. The van der Waals surface area contributed by atoms with Gasteiger partial charge in [0.25, 0.3) is 0 Å². The Balaban J connectivity index is 1.71. The van der Waals surface area contributed by atoms with Crippen LogP contribution in [0.5, 0.6) is 0 Å². The molecule has 1 fully saturated rings. The van der Waals surface area contributed by atoms with Crippen LogP contribution in [0.4, 0.5) is 4.79 Å². The average molecular weight is 272 g/mol. The number of carbonyl (C=O) groups is 1. The van der Waals surface area contributed by atoms with Gasteiger partial charge in [-0.3, -0.25) is 0 Å². The zero-order chi connectivity index (χ0) is 13.9. The molecule has 6 heteroatoms. The normalized spacial score (nSPS) is 16.3. The van der Waals surface area contributed by atoms with E-state index < -0.39 is 6.09 Å². The number of likely N-dealkylation sites (tertiary alicyclic amines) is 1. The van der Waals surface area contributed by atoms with Crippen LogP contribution in [-0.2, 0) is 0 Å². The number of carboxylic acid groups (broad SMARTS) is 1. The molecule has 1 aliphatic heterocycles. The summed E-state index contributed by atoms with van der Waals surface area (Å²) in [4.78, 5) is 12.3. The minimum atomic E-state index is -0.837. The van der Waals surface area contributed by atoms with Gasteiger partial charge in [-0.25, -0.2) is 9.48 Å². The molecular formula is C14H16N4O2. The van der Waals surface area contributed by atoms with Crippen LogP contribution in [-0.4, -0.2) is 44.2 Å². The van der Waals surface area contributed by atoms with E-state index in [-0.39, 0.29) is 0 Å². The summed E-state index contributed by atoms with van der Waals surface area (Å²) in [5.41, 5.74) is 1.92. The molecule has 104 valence electrons. The van der Waals surface area contributed by atoms with E-state index in [1.807, 2.05) is 36.5 Å². The first-order valence-corrected chi connectivity index (χ1v) is 6.69. The third kappa shape index (κ3) is 2.49. The van der Waals surface area contributed by atoms with Crippen molar-refractivity contribution in [3.8, 4) is 5.69 Å². The van der Waals surface area contributed by atoms with Crippen molar-refractivity contribution in [2.24, 2.45) is 0 Å². The summed E-state index contributed by atoms with van der Waals surface area (Å²) in [5.74, 6) is 0.295. The van der Waals surface area contributed by atoms with E-state index in [0.717, 1.165) is 24.2 Å². The summed E-state index contributed by atoms with van der Waals surface area (Å²) in [6, 6.07) is 9.84. The molecule has 6 nitrogen and oxygen atoms in total. The molecule has 0 atom stereocenters. The lowest BCUT2D eigenvalue weighted by atomic mass is 9.94. The molecule has 0 saturated carbocycles. The maximum absolute atomic E-state index is 10.9. The number of benzene rings is 1. The first kappa shape index (κ1) is 12.7. The average Bonchev–Trinajstić information content (AvgIpc) is 2.98. The van der Waals surface area contributed by atoms with E-state index in [1.54, 1.807) is 4.68 Å². The Morgan fingerprint density at radius 2 is 1.90 bits per heavy atom. The number of nitrogens with zero attached hydrogens (tertiary/aromatic N) is 4. The van der Waals surface area contributed by atoms with Crippen molar-refractivity contribution in [1.29, 1.82) is 0 Å². The standard InChI is InChI=1S/C14H16N4O2/c19-14(20)17-8-6-11(7-9-17)13-10-18(16-15-13)12-4-2-1-3-5-12/h1-5,10-11H,6-9H2,(H,19,20). The van der Waals surface area contributed by atoms with Crippen LogP contribution in [0.1, 0.15) is 24.5 Å². The van der Waals surface area contributed by atoms with Crippen LogP contribution in [0.15, 0.2) is 36.5 Å². The van der Waals surface area contributed by atoms with Crippen LogP contribution in [0, 0.1) is 0 Å². The van der Waals surface area contributed by atoms with Crippen molar-refractivity contribution in [2.75, 3.05) is 13.1 Å². The molecule has 0 bridgehead atoms. The van der Waals surface area contributed by atoms with E-state index in [2.05, 4.69) is 10.3 Å². The van der Waals surface area contributed by atoms with Crippen molar-refractivity contribution < 1.29 is 9.90 Å². The Labute approximate surface area is 116 Å². The maximum Gasteiger partial charge on any atom is 0.407 e. The highest BCUT2D eigenvalue weighted by atomic mass is 16.4. The molecule has 0 radical (unpaired) electrons. The number of hydrogen-bond donors (Lipinski definition) is 1. The Morgan fingerprint density at radius 3 is 2.55 bits per heavy atom. The molecule has 2 aromatic rings. The number of amides is 1. The van der Waals surface area contributed by atoms with E-state index in [0.29, 0.717) is 19.0 Å². The molecule has 2 heterocycles. The van der Waals surface area contributed by atoms with E-state index in [1.165, 1.54) is 4.90 Å². The molecule has 1 amide bonds. The summed E-state index contributed by atoms with van der Waals surface area (Å²) in [6.07, 6.45) is 2.71. The third-order valence-electron chi connectivity index (χ3n) is 3.72. The first-order valence-electron chi connectivity index (χ1n) is 6.69. The smallest absolute Gasteiger partial charge is 0.407 e. The second kappa shape index (κ2) is 5.32. The van der Waals surface area contributed by atoms with Gasteiger partial charge >= 0.3 is 6.09 Å². The monoisotopic (exact) mass is 272 g/mol. The molecule has 1 aromatic heterocycles. The summed E-state index contributed by atoms with van der Waals surface area (Å²) < 4.78 is 1.76. The lowest BCUT2D eigenvalue weighted by Gasteiger charge is -2.28. The third-order valence-corrected chi connectivity index (χ3v) is 3.72. The zero-order valence-corrected chi connectivity index (χ0v) is 11.0. The molecule has 3 rings (SSSR count). The van der Waals surface area contributed by atoms with Crippen molar-refractivity contribution in [3.63, 3.8) is 0 Å². The molecule has 1 saturated heterocycles. The lowest BCUT2D eigenvalue weighted by Crippen LogP contribution is -2.36. The summed E-state index contributed by atoms with van der Waals surface area (Å²) in [6.45, 7) is 1.14. The number of piperidine rings is 1. The van der Waals surface area contributed by atoms with Crippen LogP contribution < -0.4 is 0 Å². The largest absolute Gasteiger partial charge is 0.465 e. The van der Waals surface area contributed by atoms with Gasteiger partial charge in [-0.05, 0) is 25.0 Å². The second-order valence-corrected chi connectivity index (χ2v) is 4.97. The fourth-order valence-electron chi connectivity index (χ4n) is 2.54. The van der Waals surface area contributed by atoms with Crippen LogP contribution in [0.25, 0.3) is 5.69 Å². The Kier molecular flexibility index (Phi) is 3.37. The van der Waals surface area contributed by atoms with Gasteiger partial charge in [0.15, 0.2) is 0 Å². The Morgan fingerprint density at radius 1 is 1.20 bits per heavy atom. The highest BCUT2D eigenvalue weighted by molar-refractivity contribution is 5.65. The van der Waals surface area contributed by atoms with Crippen molar-refractivity contribution in [1.82, 2.24) is 19.9 Å². The van der Waals surface area contributed by atoms with Gasteiger partial charge < -0.3 is 10.0 Å². The zero-order valence-electron chi connectivity index (χ0n) is 11.0. The molecule has 20 heavy (non-hydrogen) atoms. The minimum absolute atomic E-state index is 0.295. The highest BCUT2D eigenvalue weighted by Gasteiger charge is 2.25. The van der Waals surface area contributed by atoms with E-state index >= 15 is 0 Å². The number of aromatic nitrogens is 3. The quantitative estimate of drug-likeness (QED) is 0.909. The van der Waals surface area contributed by atoms with Crippen LogP contribution in [0.2, 0.25) is 0 Å². The number of rotatable bonds is 2. The van der Waals surface area contributed by atoms with E-state index in [4.69, 9.17) is 5.11 Å². The fraction of sp³-hybridized carbons (Fsp3) is 0.357. The Hall–Kier alpha value is -2.37.